The number of carbonyl (C=O) groups is 1. The lowest BCUT2D eigenvalue weighted by atomic mass is 9.69. The molecule has 1 amide bonds. The summed E-state index contributed by atoms with van der Waals surface area (Å²) in [4.78, 5) is 12.7. The van der Waals surface area contributed by atoms with Crippen LogP contribution in [0.5, 0.6) is 0 Å². The first-order valence-corrected chi connectivity index (χ1v) is 8.83. The standard InChI is InChI=1S/C20H25N3O/c1-19(2)15-9-10-20(19,3)17(13-15)22-18(24)14-5-7-16(8-6-14)23-12-4-11-21-23/h4-8,11-12,15,17H,9-10,13H2,1-3H3,(H,22,24)/t15-,17-,20-/m0/s1. The van der Waals surface area contributed by atoms with E-state index in [1.807, 2.05) is 36.5 Å². The zero-order valence-corrected chi connectivity index (χ0v) is 14.6. The quantitative estimate of drug-likeness (QED) is 0.933. The molecule has 1 aromatic carbocycles. The SMILES string of the molecule is CC1(C)[C@H]2CC[C@@]1(C)[C@@H](NC(=O)c1ccc(-n3cccn3)cc1)C2. The van der Waals surface area contributed by atoms with Gasteiger partial charge in [0.25, 0.3) is 5.91 Å². The third-order valence-corrected chi connectivity index (χ3v) is 7.00. The van der Waals surface area contributed by atoms with E-state index in [9.17, 15) is 4.79 Å². The molecule has 2 aliphatic carbocycles. The molecule has 2 bridgehead atoms. The number of carbonyl (C=O) groups excluding carboxylic acids is 1. The molecule has 2 saturated carbocycles. The minimum Gasteiger partial charge on any atom is -0.349 e. The summed E-state index contributed by atoms with van der Waals surface area (Å²) in [7, 11) is 0. The summed E-state index contributed by atoms with van der Waals surface area (Å²) in [6, 6.07) is 9.81. The Hall–Kier alpha value is -2.10. The lowest BCUT2D eigenvalue weighted by molar-refractivity contribution is 0.0826. The summed E-state index contributed by atoms with van der Waals surface area (Å²) < 4.78 is 1.79. The molecular weight excluding hydrogens is 298 g/mol. The summed E-state index contributed by atoms with van der Waals surface area (Å²) in [6.45, 7) is 7.09. The van der Waals surface area contributed by atoms with Crippen molar-refractivity contribution < 1.29 is 4.79 Å². The second-order valence-corrected chi connectivity index (χ2v) is 8.13. The highest BCUT2D eigenvalue weighted by Crippen LogP contribution is 2.65. The molecule has 4 heteroatoms. The van der Waals surface area contributed by atoms with E-state index < -0.39 is 0 Å². The number of hydrogen-bond acceptors (Lipinski definition) is 2. The molecule has 2 aromatic rings. The van der Waals surface area contributed by atoms with E-state index in [1.165, 1.54) is 12.8 Å². The molecule has 4 nitrogen and oxygen atoms in total. The maximum absolute atomic E-state index is 12.7. The van der Waals surface area contributed by atoms with Crippen LogP contribution >= 0.6 is 0 Å². The van der Waals surface area contributed by atoms with E-state index in [1.54, 1.807) is 10.9 Å². The minimum atomic E-state index is 0.0385. The molecule has 0 saturated heterocycles. The van der Waals surface area contributed by atoms with Crippen LogP contribution in [0.15, 0.2) is 42.7 Å². The summed E-state index contributed by atoms with van der Waals surface area (Å²) in [5, 5.41) is 7.53. The van der Waals surface area contributed by atoms with Crippen molar-refractivity contribution in [1.29, 1.82) is 0 Å². The predicted molar refractivity (Wildman–Crippen MR) is 94.0 cm³/mol. The Balaban J connectivity index is 1.49. The van der Waals surface area contributed by atoms with Crippen molar-refractivity contribution in [2.75, 3.05) is 0 Å². The van der Waals surface area contributed by atoms with Crippen LogP contribution in [0, 0.1) is 16.7 Å². The van der Waals surface area contributed by atoms with Gasteiger partial charge < -0.3 is 5.32 Å². The van der Waals surface area contributed by atoms with Crippen LogP contribution in [0.1, 0.15) is 50.4 Å². The summed E-state index contributed by atoms with van der Waals surface area (Å²) >= 11 is 0. The van der Waals surface area contributed by atoms with Gasteiger partial charge in [0.2, 0.25) is 0 Å². The van der Waals surface area contributed by atoms with Crippen LogP contribution in [-0.2, 0) is 0 Å². The molecule has 2 aliphatic rings. The Kier molecular flexibility index (Phi) is 3.34. The van der Waals surface area contributed by atoms with Crippen LogP contribution in [-0.4, -0.2) is 21.7 Å². The van der Waals surface area contributed by atoms with E-state index in [0.29, 0.717) is 5.41 Å². The van der Waals surface area contributed by atoms with Gasteiger partial charge in [0.05, 0.1) is 5.69 Å². The smallest absolute Gasteiger partial charge is 0.251 e. The van der Waals surface area contributed by atoms with Crippen molar-refractivity contribution in [1.82, 2.24) is 15.1 Å². The Morgan fingerprint density at radius 2 is 2.00 bits per heavy atom. The lowest BCUT2D eigenvalue weighted by Gasteiger charge is -2.39. The van der Waals surface area contributed by atoms with E-state index in [-0.39, 0.29) is 17.4 Å². The van der Waals surface area contributed by atoms with Crippen LogP contribution in [0.2, 0.25) is 0 Å². The summed E-state index contributed by atoms with van der Waals surface area (Å²) in [6.07, 6.45) is 7.27. The highest BCUT2D eigenvalue weighted by Gasteiger charge is 2.61. The number of benzene rings is 1. The van der Waals surface area contributed by atoms with Crippen LogP contribution in [0.3, 0.4) is 0 Å². The molecule has 0 radical (unpaired) electrons. The Morgan fingerprint density at radius 3 is 2.54 bits per heavy atom. The number of fused-ring (bicyclic) bond motifs is 2. The molecule has 0 unspecified atom stereocenters. The van der Waals surface area contributed by atoms with Crippen molar-refractivity contribution in [3.8, 4) is 5.69 Å². The van der Waals surface area contributed by atoms with Crippen LogP contribution in [0.25, 0.3) is 5.69 Å². The van der Waals surface area contributed by atoms with Gasteiger partial charge in [-0.3, -0.25) is 4.79 Å². The number of nitrogens with zero attached hydrogens (tertiary/aromatic N) is 2. The van der Waals surface area contributed by atoms with Gasteiger partial charge in [0, 0.05) is 24.0 Å². The monoisotopic (exact) mass is 323 g/mol. The maximum atomic E-state index is 12.7. The zero-order chi connectivity index (χ0) is 16.9. The fourth-order valence-corrected chi connectivity index (χ4v) is 4.85. The topological polar surface area (TPSA) is 46.9 Å². The van der Waals surface area contributed by atoms with Gasteiger partial charge >= 0.3 is 0 Å². The van der Waals surface area contributed by atoms with E-state index in [0.717, 1.165) is 23.6 Å². The first kappa shape index (κ1) is 15.4. The number of rotatable bonds is 3. The molecule has 24 heavy (non-hydrogen) atoms. The van der Waals surface area contributed by atoms with Gasteiger partial charge in [-0.1, -0.05) is 20.8 Å². The summed E-state index contributed by atoms with van der Waals surface area (Å²) in [5.41, 5.74) is 2.21. The van der Waals surface area contributed by atoms with Crippen molar-refractivity contribution in [3.63, 3.8) is 0 Å². The highest BCUT2D eigenvalue weighted by molar-refractivity contribution is 5.94. The fraction of sp³-hybridized carbons (Fsp3) is 0.500. The Labute approximate surface area is 143 Å². The highest BCUT2D eigenvalue weighted by atomic mass is 16.1. The third kappa shape index (κ3) is 2.12. The Morgan fingerprint density at radius 1 is 1.25 bits per heavy atom. The van der Waals surface area contributed by atoms with Gasteiger partial charge in [-0.05, 0) is 66.3 Å². The van der Waals surface area contributed by atoms with Crippen LogP contribution in [0.4, 0.5) is 0 Å². The van der Waals surface area contributed by atoms with E-state index >= 15 is 0 Å². The number of nitrogens with one attached hydrogen (secondary N) is 1. The molecule has 1 N–H and O–H groups in total. The predicted octanol–water partition coefficient (Wildman–Crippen LogP) is 3.82. The van der Waals surface area contributed by atoms with Gasteiger partial charge in [0.1, 0.15) is 0 Å². The van der Waals surface area contributed by atoms with Crippen molar-refractivity contribution in [3.05, 3.63) is 48.3 Å². The van der Waals surface area contributed by atoms with Gasteiger partial charge in [-0.15, -0.1) is 0 Å². The first-order chi connectivity index (χ1) is 11.4. The summed E-state index contributed by atoms with van der Waals surface area (Å²) in [5.74, 6) is 0.770. The number of amides is 1. The molecule has 1 aromatic heterocycles. The average molecular weight is 323 g/mol. The molecule has 126 valence electrons. The van der Waals surface area contributed by atoms with E-state index in [4.69, 9.17) is 0 Å². The molecule has 3 atom stereocenters. The normalized spacial score (nSPS) is 30.5. The second kappa shape index (κ2) is 5.20. The van der Waals surface area contributed by atoms with Crippen molar-refractivity contribution >= 4 is 5.91 Å². The zero-order valence-electron chi connectivity index (χ0n) is 14.6. The molecule has 4 rings (SSSR count). The van der Waals surface area contributed by atoms with Gasteiger partial charge in [-0.25, -0.2) is 4.68 Å². The largest absolute Gasteiger partial charge is 0.349 e. The number of hydrogen-bond donors (Lipinski definition) is 1. The molecule has 0 aliphatic heterocycles. The van der Waals surface area contributed by atoms with Gasteiger partial charge in [-0.2, -0.15) is 5.10 Å². The minimum absolute atomic E-state index is 0.0385. The first-order valence-electron chi connectivity index (χ1n) is 8.83. The fourth-order valence-electron chi connectivity index (χ4n) is 4.85. The third-order valence-electron chi connectivity index (χ3n) is 7.00. The van der Waals surface area contributed by atoms with Gasteiger partial charge in [0.15, 0.2) is 0 Å². The second-order valence-electron chi connectivity index (χ2n) is 8.13. The average Bonchev–Trinajstić information content (AvgIpc) is 3.22. The molecular formula is C20H25N3O. The van der Waals surface area contributed by atoms with Crippen LogP contribution < -0.4 is 5.32 Å². The van der Waals surface area contributed by atoms with E-state index in [2.05, 4.69) is 31.2 Å². The Bertz CT molecular complexity index is 748. The molecule has 2 fully saturated rings. The maximum Gasteiger partial charge on any atom is 0.251 e. The lowest BCUT2D eigenvalue weighted by Crippen LogP contribution is -2.46. The van der Waals surface area contributed by atoms with Crippen molar-refractivity contribution in [2.45, 2.75) is 46.1 Å². The van der Waals surface area contributed by atoms with Crippen molar-refractivity contribution in [2.24, 2.45) is 16.7 Å². The molecule has 0 spiro atoms. The molecule has 1 heterocycles. The number of aromatic nitrogens is 2.